The van der Waals surface area contributed by atoms with Crippen LogP contribution in [0.25, 0.3) is 22.1 Å². The fraction of sp³-hybridized carbons (Fsp3) is 0.267. The van der Waals surface area contributed by atoms with Gasteiger partial charge in [-0.3, -0.25) is 0 Å². The molecule has 4 aromatic rings. The van der Waals surface area contributed by atoms with E-state index in [4.69, 9.17) is 0 Å². The fourth-order valence-electron chi connectivity index (χ4n) is 5.35. The molecule has 4 nitrogen and oxygen atoms in total. The molecular weight excluding hydrogens is 416 g/mol. The molecule has 0 radical (unpaired) electrons. The van der Waals surface area contributed by atoms with Crippen molar-refractivity contribution in [3.05, 3.63) is 110 Å². The first kappa shape index (κ1) is 20.9. The van der Waals surface area contributed by atoms with Gasteiger partial charge in [0.15, 0.2) is 22.1 Å². The number of unbranched alkanes of at least 4 members (excludes halogenated alkanes) is 1. The second kappa shape index (κ2) is 9.30. The maximum absolute atomic E-state index is 2.43. The summed E-state index contributed by atoms with van der Waals surface area (Å²) in [5.41, 5.74) is 5.30. The van der Waals surface area contributed by atoms with E-state index in [1.807, 2.05) is 0 Å². The summed E-state index contributed by atoms with van der Waals surface area (Å²) in [6.45, 7) is 4.09. The number of fused-ring (bicyclic) bond motifs is 2. The third-order valence-electron chi connectivity index (χ3n) is 7.08. The summed E-state index contributed by atoms with van der Waals surface area (Å²) in [7, 11) is 0. The number of benzene rings is 2. The zero-order valence-electron chi connectivity index (χ0n) is 19.6. The van der Waals surface area contributed by atoms with E-state index in [1.54, 1.807) is 0 Å². The number of rotatable bonds is 9. The molecule has 0 spiro atoms. The van der Waals surface area contributed by atoms with Crippen LogP contribution < -0.4 is 9.13 Å². The Morgan fingerprint density at radius 1 is 0.559 bits per heavy atom. The van der Waals surface area contributed by atoms with Crippen LogP contribution in [0.1, 0.15) is 12.8 Å². The van der Waals surface area contributed by atoms with Crippen molar-refractivity contribution in [3.8, 4) is 0 Å². The van der Waals surface area contributed by atoms with Crippen LogP contribution in [0.5, 0.6) is 0 Å². The molecule has 0 fully saturated rings. The van der Waals surface area contributed by atoms with Gasteiger partial charge in [-0.15, -0.1) is 0 Å². The first-order chi connectivity index (χ1) is 16.8. The minimum atomic E-state index is 0.494. The van der Waals surface area contributed by atoms with Gasteiger partial charge in [0.2, 0.25) is 12.7 Å². The highest BCUT2D eigenvalue weighted by atomic mass is 15.1. The van der Waals surface area contributed by atoms with Crippen LogP contribution >= 0.6 is 0 Å². The minimum Gasteiger partial charge on any atom is -0.230 e. The molecule has 4 heteroatoms. The van der Waals surface area contributed by atoms with E-state index in [1.165, 1.54) is 22.1 Å². The smallest absolute Gasteiger partial charge is 0.230 e. The molecule has 2 aromatic carbocycles. The molecule has 0 amide bonds. The minimum absolute atomic E-state index is 0.494. The van der Waals surface area contributed by atoms with Gasteiger partial charge < -0.3 is 0 Å². The van der Waals surface area contributed by atoms with Crippen molar-refractivity contribution in [2.75, 3.05) is 0 Å². The van der Waals surface area contributed by atoms with Crippen molar-refractivity contribution >= 4 is 22.1 Å². The second-order valence-electron chi connectivity index (χ2n) is 9.47. The maximum atomic E-state index is 2.43. The van der Waals surface area contributed by atoms with Crippen molar-refractivity contribution < 1.29 is 9.13 Å². The standard InChI is InChI=1S/C30H32N4/c1-2-12-25(11-1)21-33-23-31(27-15-5-7-17-29(27)33)19-9-10-20-32-24-34(22-26-13-3-4-14-26)30-18-8-6-16-28(30)32/h1-8,11-18,23-26H,9-10,19-22H2/q+2. The summed E-state index contributed by atoms with van der Waals surface area (Å²) < 4.78 is 9.69. The topological polar surface area (TPSA) is 17.6 Å². The first-order valence-electron chi connectivity index (χ1n) is 12.5. The van der Waals surface area contributed by atoms with Crippen LogP contribution in [0, 0.1) is 11.8 Å². The molecule has 0 atom stereocenters. The molecule has 0 saturated heterocycles. The number of para-hydroxylation sites is 4. The molecule has 0 bridgehead atoms. The second-order valence-corrected chi connectivity index (χ2v) is 9.47. The molecule has 0 unspecified atom stereocenters. The number of hydrogen-bond donors (Lipinski definition) is 0. The zero-order valence-corrected chi connectivity index (χ0v) is 19.6. The van der Waals surface area contributed by atoms with E-state index >= 15 is 0 Å². The van der Waals surface area contributed by atoms with Crippen molar-refractivity contribution in [2.45, 2.75) is 39.0 Å². The highest BCUT2D eigenvalue weighted by molar-refractivity contribution is 5.72. The van der Waals surface area contributed by atoms with Crippen molar-refractivity contribution in [2.24, 2.45) is 11.8 Å². The normalized spacial score (nSPS) is 15.6. The third-order valence-corrected chi connectivity index (χ3v) is 7.08. The molecule has 34 heavy (non-hydrogen) atoms. The van der Waals surface area contributed by atoms with Crippen LogP contribution in [0.3, 0.4) is 0 Å². The summed E-state index contributed by atoms with van der Waals surface area (Å²) >= 11 is 0. The lowest BCUT2D eigenvalue weighted by molar-refractivity contribution is -0.675. The van der Waals surface area contributed by atoms with Gasteiger partial charge in [-0.1, -0.05) is 72.9 Å². The van der Waals surface area contributed by atoms with Crippen molar-refractivity contribution in [1.29, 1.82) is 0 Å². The Morgan fingerprint density at radius 3 is 1.41 bits per heavy atom. The predicted octanol–water partition coefficient (Wildman–Crippen LogP) is 5.14. The average Bonchev–Trinajstić information content (AvgIpc) is 3.67. The van der Waals surface area contributed by atoms with Gasteiger partial charge in [0, 0.05) is 11.8 Å². The van der Waals surface area contributed by atoms with Gasteiger partial charge in [0.05, 0.1) is 13.1 Å². The van der Waals surface area contributed by atoms with Crippen molar-refractivity contribution in [3.63, 3.8) is 0 Å². The van der Waals surface area contributed by atoms with E-state index in [-0.39, 0.29) is 0 Å². The molecule has 170 valence electrons. The Hall–Kier alpha value is -3.66. The van der Waals surface area contributed by atoms with E-state index in [9.17, 15) is 0 Å². The molecule has 2 aliphatic rings. The molecular formula is C30H32N4+2. The summed E-state index contributed by atoms with van der Waals surface area (Å²) in [6.07, 6.45) is 24.7. The van der Waals surface area contributed by atoms with Crippen LogP contribution in [0.2, 0.25) is 0 Å². The molecule has 2 heterocycles. The lowest BCUT2D eigenvalue weighted by Gasteiger charge is -2.02. The number of nitrogens with zero attached hydrogens (tertiary/aromatic N) is 4. The van der Waals surface area contributed by atoms with Gasteiger partial charge in [-0.05, 0) is 37.1 Å². The third kappa shape index (κ3) is 4.16. The molecule has 2 aromatic heterocycles. The first-order valence-corrected chi connectivity index (χ1v) is 12.5. The van der Waals surface area contributed by atoms with E-state index in [0.29, 0.717) is 11.8 Å². The quantitative estimate of drug-likeness (QED) is 0.249. The monoisotopic (exact) mass is 448 g/mol. The molecule has 0 N–H and O–H groups in total. The molecule has 2 aliphatic carbocycles. The van der Waals surface area contributed by atoms with Gasteiger partial charge >= 0.3 is 0 Å². The van der Waals surface area contributed by atoms with Gasteiger partial charge in [0.25, 0.3) is 0 Å². The van der Waals surface area contributed by atoms with E-state index in [0.717, 1.165) is 39.0 Å². The number of aryl methyl sites for hydroxylation is 2. The van der Waals surface area contributed by atoms with E-state index < -0.39 is 0 Å². The van der Waals surface area contributed by atoms with Crippen LogP contribution in [0.4, 0.5) is 0 Å². The summed E-state index contributed by atoms with van der Waals surface area (Å²) in [4.78, 5) is 0. The highest BCUT2D eigenvalue weighted by Crippen LogP contribution is 2.17. The molecule has 0 saturated carbocycles. The Bertz CT molecular complexity index is 1290. The van der Waals surface area contributed by atoms with Crippen LogP contribution in [0.15, 0.2) is 110 Å². The number of imidazole rings is 2. The lowest BCUT2D eigenvalue weighted by Crippen LogP contribution is -2.35. The Labute approximate surface area is 201 Å². The maximum Gasteiger partial charge on any atom is 0.244 e. The van der Waals surface area contributed by atoms with E-state index in [2.05, 4.69) is 128 Å². The van der Waals surface area contributed by atoms with Crippen molar-refractivity contribution in [1.82, 2.24) is 9.13 Å². The highest BCUT2D eigenvalue weighted by Gasteiger charge is 2.19. The summed E-state index contributed by atoms with van der Waals surface area (Å²) in [6, 6.07) is 17.6. The lowest BCUT2D eigenvalue weighted by atomic mass is 10.2. The predicted molar refractivity (Wildman–Crippen MR) is 137 cm³/mol. The number of aromatic nitrogens is 4. The Balaban J connectivity index is 1.14. The SMILES string of the molecule is C1=CC(C[n+]2cn(CCCCn3c[n+](CC4C=CC=C4)c4ccccc43)c3ccccc32)C=C1. The van der Waals surface area contributed by atoms with Gasteiger partial charge in [-0.2, -0.15) is 0 Å². The van der Waals surface area contributed by atoms with Crippen LogP contribution in [-0.2, 0) is 26.2 Å². The summed E-state index contributed by atoms with van der Waals surface area (Å²) in [5.74, 6) is 0.987. The van der Waals surface area contributed by atoms with Crippen LogP contribution in [-0.4, -0.2) is 9.13 Å². The molecule has 6 rings (SSSR count). The Morgan fingerprint density at radius 2 is 0.971 bits per heavy atom. The van der Waals surface area contributed by atoms with Gasteiger partial charge in [0.1, 0.15) is 13.1 Å². The number of allylic oxidation sites excluding steroid dienone is 8. The Kier molecular flexibility index (Phi) is 5.72. The fourth-order valence-corrected chi connectivity index (χ4v) is 5.35. The average molecular weight is 449 g/mol. The largest absolute Gasteiger partial charge is 0.244 e. The zero-order chi connectivity index (χ0) is 22.7. The molecule has 0 aliphatic heterocycles. The van der Waals surface area contributed by atoms with Gasteiger partial charge in [-0.25, -0.2) is 18.3 Å². The number of hydrogen-bond acceptors (Lipinski definition) is 0. The summed E-state index contributed by atoms with van der Waals surface area (Å²) in [5, 5.41) is 0.